The average Bonchev–Trinajstić information content (AvgIpc) is 2.51. The molecule has 0 spiro atoms. The zero-order valence-electron chi connectivity index (χ0n) is 12.7. The monoisotopic (exact) mass is 394 g/mol. The maximum absolute atomic E-state index is 12.0. The lowest BCUT2D eigenvalue weighted by Crippen LogP contribution is -2.33. The Labute approximate surface area is 148 Å². The van der Waals surface area contributed by atoms with Gasteiger partial charge >= 0.3 is 0 Å². The Morgan fingerprint density at radius 1 is 1.35 bits per heavy atom. The number of hydrogen-bond donors (Lipinski definition) is 1. The molecule has 0 aliphatic rings. The van der Waals surface area contributed by atoms with Gasteiger partial charge in [0, 0.05) is 9.50 Å². The molecule has 1 atom stereocenters. The molecule has 0 heterocycles. The third kappa shape index (κ3) is 5.37. The first kappa shape index (κ1) is 17.5. The second-order valence-corrected chi connectivity index (χ2v) is 6.28. The van der Waals surface area contributed by atoms with E-state index in [1.807, 2.05) is 31.2 Å². The fraction of sp³-hybridized carbons (Fsp3) is 0.176. The van der Waals surface area contributed by atoms with Crippen LogP contribution in [0.15, 0.2) is 52.0 Å². The minimum absolute atomic E-state index is 0.330. The number of nitrogens with zero attached hydrogens (tertiary/aromatic N) is 1. The van der Waals surface area contributed by atoms with Crippen molar-refractivity contribution in [3.8, 4) is 5.75 Å². The molecule has 6 heteroatoms. The van der Waals surface area contributed by atoms with Gasteiger partial charge in [-0.3, -0.25) is 4.79 Å². The fourth-order valence-electron chi connectivity index (χ4n) is 1.80. The molecule has 0 aliphatic heterocycles. The maximum Gasteiger partial charge on any atom is 0.280 e. The van der Waals surface area contributed by atoms with Crippen LogP contribution >= 0.6 is 27.5 Å². The highest BCUT2D eigenvalue weighted by molar-refractivity contribution is 9.10. The van der Waals surface area contributed by atoms with E-state index in [-0.39, 0.29) is 5.91 Å². The van der Waals surface area contributed by atoms with Gasteiger partial charge in [0.1, 0.15) is 5.75 Å². The van der Waals surface area contributed by atoms with Crippen molar-refractivity contribution in [1.82, 2.24) is 5.43 Å². The van der Waals surface area contributed by atoms with Gasteiger partial charge < -0.3 is 4.74 Å². The number of hydrazone groups is 1. The van der Waals surface area contributed by atoms with Gasteiger partial charge in [-0.1, -0.05) is 39.7 Å². The number of nitrogens with one attached hydrogen (secondary N) is 1. The first-order valence-corrected chi connectivity index (χ1v) is 8.14. The summed E-state index contributed by atoms with van der Waals surface area (Å²) in [4.78, 5) is 12.0. The lowest BCUT2D eigenvalue weighted by Gasteiger charge is -2.13. The number of aryl methyl sites for hydroxylation is 1. The van der Waals surface area contributed by atoms with E-state index in [4.69, 9.17) is 16.3 Å². The van der Waals surface area contributed by atoms with Crippen molar-refractivity contribution in [2.75, 3.05) is 0 Å². The molecular formula is C17H16BrClN2O2. The minimum atomic E-state index is -0.671. The van der Waals surface area contributed by atoms with Crippen molar-refractivity contribution in [2.45, 2.75) is 20.0 Å². The van der Waals surface area contributed by atoms with Crippen molar-refractivity contribution < 1.29 is 9.53 Å². The molecule has 2 aromatic carbocycles. The van der Waals surface area contributed by atoms with Crippen molar-refractivity contribution in [1.29, 1.82) is 0 Å². The lowest BCUT2D eigenvalue weighted by molar-refractivity contribution is -0.127. The molecule has 0 aromatic heterocycles. The Kier molecular flexibility index (Phi) is 6.19. The largest absolute Gasteiger partial charge is 0.481 e. The van der Waals surface area contributed by atoms with Gasteiger partial charge in [-0.2, -0.15) is 5.10 Å². The van der Waals surface area contributed by atoms with E-state index in [0.29, 0.717) is 10.8 Å². The molecular weight excluding hydrogens is 380 g/mol. The Morgan fingerprint density at radius 2 is 2.13 bits per heavy atom. The number of benzene rings is 2. The number of rotatable bonds is 5. The first-order chi connectivity index (χ1) is 11.0. The number of halogens is 2. The number of carbonyl (C=O) groups excluding carboxylic acids is 1. The molecule has 1 unspecified atom stereocenters. The minimum Gasteiger partial charge on any atom is -0.481 e. The summed E-state index contributed by atoms with van der Waals surface area (Å²) in [5.74, 6) is 0.259. The van der Waals surface area contributed by atoms with E-state index >= 15 is 0 Å². The first-order valence-electron chi connectivity index (χ1n) is 6.97. The van der Waals surface area contributed by atoms with Gasteiger partial charge in [0.25, 0.3) is 5.91 Å². The molecule has 0 radical (unpaired) electrons. The predicted octanol–water partition coefficient (Wildman–Crippen LogP) is 4.33. The van der Waals surface area contributed by atoms with Gasteiger partial charge in [0.15, 0.2) is 6.10 Å². The Hall–Kier alpha value is -1.85. The molecule has 0 fully saturated rings. The van der Waals surface area contributed by atoms with Crippen LogP contribution < -0.4 is 10.2 Å². The van der Waals surface area contributed by atoms with E-state index < -0.39 is 6.10 Å². The summed E-state index contributed by atoms with van der Waals surface area (Å²) >= 11 is 9.34. The third-order valence-electron chi connectivity index (χ3n) is 3.05. The van der Waals surface area contributed by atoms with Crippen LogP contribution in [0.1, 0.15) is 18.1 Å². The molecule has 0 saturated heterocycles. The highest BCUT2D eigenvalue weighted by Crippen LogP contribution is 2.21. The summed E-state index contributed by atoms with van der Waals surface area (Å²) in [5.41, 5.74) is 4.23. The highest BCUT2D eigenvalue weighted by Gasteiger charge is 2.14. The Bertz CT molecular complexity index is 734. The smallest absolute Gasteiger partial charge is 0.280 e. The molecule has 0 saturated carbocycles. The average molecular weight is 396 g/mol. The molecule has 23 heavy (non-hydrogen) atoms. The van der Waals surface area contributed by atoms with E-state index in [0.717, 1.165) is 15.6 Å². The lowest BCUT2D eigenvalue weighted by atomic mass is 10.2. The quantitative estimate of drug-likeness (QED) is 0.605. The number of carbonyl (C=O) groups is 1. The van der Waals surface area contributed by atoms with Crippen LogP contribution in [0.2, 0.25) is 5.02 Å². The van der Waals surface area contributed by atoms with Crippen LogP contribution in [-0.2, 0) is 4.79 Å². The Morgan fingerprint density at radius 3 is 2.83 bits per heavy atom. The molecule has 2 aromatic rings. The van der Waals surface area contributed by atoms with E-state index in [1.165, 1.54) is 0 Å². The summed E-state index contributed by atoms with van der Waals surface area (Å²) in [6.07, 6.45) is 0.900. The van der Waals surface area contributed by atoms with Crippen molar-refractivity contribution in [3.05, 3.63) is 63.1 Å². The summed E-state index contributed by atoms with van der Waals surface area (Å²) in [6, 6.07) is 12.8. The van der Waals surface area contributed by atoms with Crippen LogP contribution in [0.5, 0.6) is 5.75 Å². The zero-order chi connectivity index (χ0) is 16.8. The van der Waals surface area contributed by atoms with Gasteiger partial charge in [-0.25, -0.2) is 5.43 Å². The number of amides is 1. The standard InChI is InChI=1S/C17H16BrClN2O2/c1-11-8-15(6-7-16(11)19)23-12(2)17(22)21-20-10-13-4-3-5-14(18)9-13/h3-10,12H,1-2H3,(H,21,22)/b20-10+. The Balaban J connectivity index is 1.90. The van der Waals surface area contributed by atoms with Crippen molar-refractivity contribution in [3.63, 3.8) is 0 Å². The maximum atomic E-state index is 12.0. The van der Waals surface area contributed by atoms with Crippen LogP contribution in [0.4, 0.5) is 0 Å². The van der Waals surface area contributed by atoms with E-state index in [9.17, 15) is 4.79 Å². The van der Waals surface area contributed by atoms with Gasteiger partial charge in [-0.05, 0) is 55.3 Å². The zero-order valence-corrected chi connectivity index (χ0v) is 15.1. The van der Waals surface area contributed by atoms with Crippen LogP contribution in [-0.4, -0.2) is 18.2 Å². The molecule has 2 rings (SSSR count). The topological polar surface area (TPSA) is 50.7 Å². The number of hydrogen-bond acceptors (Lipinski definition) is 3. The second kappa shape index (κ2) is 8.13. The van der Waals surface area contributed by atoms with Crippen LogP contribution in [0.25, 0.3) is 0 Å². The van der Waals surface area contributed by atoms with Gasteiger partial charge in [-0.15, -0.1) is 0 Å². The van der Waals surface area contributed by atoms with Gasteiger partial charge in [0.05, 0.1) is 6.21 Å². The third-order valence-corrected chi connectivity index (χ3v) is 3.97. The normalized spacial score (nSPS) is 12.2. The van der Waals surface area contributed by atoms with Gasteiger partial charge in [0.2, 0.25) is 0 Å². The van der Waals surface area contributed by atoms with Crippen molar-refractivity contribution >= 4 is 39.7 Å². The second-order valence-electron chi connectivity index (χ2n) is 4.96. The molecule has 1 amide bonds. The molecule has 4 nitrogen and oxygen atoms in total. The predicted molar refractivity (Wildman–Crippen MR) is 96.2 cm³/mol. The van der Waals surface area contributed by atoms with Crippen LogP contribution in [0, 0.1) is 6.92 Å². The van der Waals surface area contributed by atoms with E-state index in [1.54, 1.807) is 31.3 Å². The highest BCUT2D eigenvalue weighted by atomic mass is 79.9. The summed E-state index contributed by atoms with van der Waals surface area (Å²) in [5, 5.41) is 4.59. The molecule has 1 N–H and O–H groups in total. The summed E-state index contributed by atoms with van der Waals surface area (Å²) in [6.45, 7) is 3.54. The molecule has 0 bridgehead atoms. The SMILES string of the molecule is Cc1cc(OC(C)C(=O)N/N=C/c2cccc(Br)c2)ccc1Cl. The fourth-order valence-corrected chi connectivity index (χ4v) is 2.33. The van der Waals surface area contributed by atoms with Crippen molar-refractivity contribution in [2.24, 2.45) is 5.10 Å². The molecule has 120 valence electrons. The number of ether oxygens (including phenoxy) is 1. The molecule has 0 aliphatic carbocycles. The van der Waals surface area contributed by atoms with E-state index in [2.05, 4.69) is 26.5 Å². The summed E-state index contributed by atoms with van der Waals surface area (Å²) < 4.78 is 6.53. The summed E-state index contributed by atoms with van der Waals surface area (Å²) in [7, 11) is 0. The van der Waals surface area contributed by atoms with Crippen LogP contribution in [0.3, 0.4) is 0 Å².